The summed E-state index contributed by atoms with van der Waals surface area (Å²) in [4.78, 5) is 12.0. The molecule has 0 aliphatic rings. The molecule has 0 fully saturated rings. The first-order valence-electron chi connectivity index (χ1n) is 7.40. The Morgan fingerprint density at radius 1 is 1.18 bits per heavy atom. The van der Waals surface area contributed by atoms with E-state index in [0.29, 0.717) is 13.0 Å². The third-order valence-electron chi connectivity index (χ3n) is 3.42. The topological polar surface area (TPSA) is 41.1 Å². The summed E-state index contributed by atoms with van der Waals surface area (Å²) in [6, 6.07) is 13.9. The van der Waals surface area contributed by atoms with Crippen molar-refractivity contribution in [3.05, 3.63) is 65.5 Å². The predicted octanol–water partition coefficient (Wildman–Crippen LogP) is 3.29. The van der Waals surface area contributed by atoms with Crippen LogP contribution in [0.25, 0.3) is 0 Å². The van der Waals surface area contributed by atoms with Crippen molar-refractivity contribution in [3.63, 3.8) is 0 Å². The fourth-order valence-corrected chi connectivity index (χ4v) is 2.18. The minimum absolute atomic E-state index is 0.0522. The number of halogens is 1. The first-order chi connectivity index (χ1) is 10.5. The van der Waals surface area contributed by atoms with E-state index < -0.39 is 0 Å². The number of carbonyl (C=O) groups is 1. The van der Waals surface area contributed by atoms with Gasteiger partial charge in [0.1, 0.15) is 11.9 Å². The van der Waals surface area contributed by atoms with E-state index in [-0.39, 0.29) is 17.8 Å². The fraction of sp³-hybridized carbons (Fsp3) is 0.278. The van der Waals surface area contributed by atoms with Crippen molar-refractivity contribution in [2.75, 3.05) is 11.9 Å². The van der Waals surface area contributed by atoms with Crippen LogP contribution >= 0.6 is 0 Å². The Balaban J connectivity index is 1.77. The van der Waals surface area contributed by atoms with Gasteiger partial charge in [-0.2, -0.15) is 0 Å². The van der Waals surface area contributed by atoms with Crippen molar-refractivity contribution in [1.82, 2.24) is 5.32 Å². The number of rotatable bonds is 6. The van der Waals surface area contributed by atoms with E-state index in [2.05, 4.69) is 10.6 Å². The number of benzene rings is 2. The van der Waals surface area contributed by atoms with Crippen LogP contribution in [0.1, 0.15) is 18.1 Å². The highest BCUT2D eigenvalue weighted by Crippen LogP contribution is 2.10. The van der Waals surface area contributed by atoms with Gasteiger partial charge in [0.15, 0.2) is 0 Å². The van der Waals surface area contributed by atoms with Gasteiger partial charge in [0, 0.05) is 12.2 Å². The molecule has 0 spiro atoms. The summed E-state index contributed by atoms with van der Waals surface area (Å²) in [7, 11) is 0. The maximum absolute atomic E-state index is 12.8. The first-order valence-corrected chi connectivity index (χ1v) is 7.40. The van der Waals surface area contributed by atoms with Crippen LogP contribution in [0.2, 0.25) is 0 Å². The molecular weight excluding hydrogens is 279 g/mol. The third kappa shape index (κ3) is 4.88. The van der Waals surface area contributed by atoms with Crippen molar-refractivity contribution < 1.29 is 9.18 Å². The second kappa shape index (κ2) is 7.59. The molecule has 4 heteroatoms. The van der Waals surface area contributed by atoms with Crippen molar-refractivity contribution >= 4 is 11.6 Å². The Bertz CT molecular complexity index is 625. The molecule has 0 aliphatic carbocycles. The van der Waals surface area contributed by atoms with Gasteiger partial charge in [-0.3, -0.25) is 4.79 Å². The lowest BCUT2D eigenvalue weighted by atomic mass is 10.1. The summed E-state index contributed by atoms with van der Waals surface area (Å²) in [6.45, 7) is 4.37. The SMILES string of the molecule is Cc1cccc(N[C@@H](C)C(=O)NCCc2ccc(F)cc2)c1. The van der Waals surface area contributed by atoms with Gasteiger partial charge >= 0.3 is 0 Å². The van der Waals surface area contributed by atoms with Crippen molar-refractivity contribution in [2.24, 2.45) is 0 Å². The lowest BCUT2D eigenvalue weighted by Crippen LogP contribution is -2.38. The Labute approximate surface area is 130 Å². The van der Waals surface area contributed by atoms with Gasteiger partial charge in [-0.25, -0.2) is 4.39 Å². The largest absolute Gasteiger partial charge is 0.374 e. The minimum Gasteiger partial charge on any atom is -0.374 e. The second-order valence-corrected chi connectivity index (χ2v) is 5.40. The van der Waals surface area contributed by atoms with E-state index in [1.54, 1.807) is 12.1 Å². The van der Waals surface area contributed by atoms with Crippen LogP contribution in [-0.2, 0) is 11.2 Å². The average Bonchev–Trinajstić information content (AvgIpc) is 2.49. The Hall–Kier alpha value is -2.36. The average molecular weight is 300 g/mol. The van der Waals surface area contributed by atoms with Gasteiger partial charge in [-0.05, 0) is 55.7 Å². The molecular formula is C18H21FN2O. The van der Waals surface area contributed by atoms with Crippen molar-refractivity contribution in [3.8, 4) is 0 Å². The lowest BCUT2D eigenvalue weighted by molar-refractivity contribution is -0.121. The summed E-state index contributed by atoms with van der Waals surface area (Å²) in [5.41, 5.74) is 3.08. The zero-order chi connectivity index (χ0) is 15.9. The highest BCUT2D eigenvalue weighted by molar-refractivity contribution is 5.84. The van der Waals surface area contributed by atoms with Crippen LogP contribution in [0.5, 0.6) is 0 Å². The van der Waals surface area contributed by atoms with E-state index in [1.165, 1.54) is 12.1 Å². The van der Waals surface area contributed by atoms with E-state index >= 15 is 0 Å². The number of carbonyl (C=O) groups excluding carboxylic acids is 1. The molecule has 0 aliphatic heterocycles. The summed E-state index contributed by atoms with van der Waals surface area (Å²) in [6.07, 6.45) is 0.684. The molecule has 2 N–H and O–H groups in total. The third-order valence-corrected chi connectivity index (χ3v) is 3.42. The quantitative estimate of drug-likeness (QED) is 0.859. The molecule has 2 aromatic carbocycles. The molecule has 0 aromatic heterocycles. The zero-order valence-electron chi connectivity index (χ0n) is 12.9. The Morgan fingerprint density at radius 3 is 2.59 bits per heavy atom. The van der Waals surface area contributed by atoms with E-state index in [4.69, 9.17) is 0 Å². The van der Waals surface area contributed by atoms with Crippen LogP contribution in [0.3, 0.4) is 0 Å². The number of anilines is 1. The van der Waals surface area contributed by atoms with Gasteiger partial charge in [0.25, 0.3) is 0 Å². The predicted molar refractivity (Wildman–Crippen MR) is 87.4 cm³/mol. The van der Waals surface area contributed by atoms with Crippen LogP contribution in [0.15, 0.2) is 48.5 Å². The summed E-state index contributed by atoms with van der Waals surface area (Å²) >= 11 is 0. The maximum Gasteiger partial charge on any atom is 0.242 e. The smallest absolute Gasteiger partial charge is 0.242 e. The molecule has 116 valence electrons. The Kier molecular flexibility index (Phi) is 5.53. The van der Waals surface area contributed by atoms with Crippen LogP contribution in [-0.4, -0.2) is 18.5 Å². The summed E-state index contributed by atoms with van der Waals surface area (Å²) in [5.74, 6) is -0.299. The standard InChI is InChI=1S/C18H21FN2O/c1-13-4-3-5-17(12-13)21-14(2)18(22)20-11-10-15-6-8-16(19)9-7-15/h3-9,12,14,21H,10-11H2,1-2H3,(H,20,22)/t14-/m0/s1. The van der Waals surface area contributed by atoms with E-state index in [1.807, 2.05) is 38.1 Å². The normalized spacial score (nSPS) is 11.8. The summed E-state index contributed by atoms with van der Waals surface area (Å²) in [5, 5.41) is 6.06. The van der Waals surface area contributed by atoms with E-state index in [0.717, 1.165) is 16.8 Å². The summed E-state index contributed by atoms with van der Waals surface area (Å²) < 4.78 is 12.8. The van der Waals surface area contributed by atoms with Crippen molar-refractivity contribution in [2.45, 2.75) is 26.3 Å². The Morgan fingerprint density at radius 2 is 1.91 bits per heavy atom. The molecule has 1 amide bonds. The highest BCUT2D eigenvalue weighted by Gasteiger charge is 2.11. The molecule has 0 saturated heterocycles. The van der Waals surface area contributed by atoms with Gasteiger partial charge in [-0.1, -0.05) is 24.3 Å². The lowest BCUT2D eigenvalue weighted by Gasteiger charge is -2.15. The number of hydrogen-bond donors (Lipinski definition) is 2. The molecule has 0 radical (unpaired) electrons. The zero-order valence-corrected chi connectivity index (χ0v) is 12.9. The number of aryl methyl sites for hydroxylation is 1. The molecule has 0 heterocycles. The molecule has 2 rings (SSSR count). The molecule has 2 aromatic rings. The minimum atomic E-state index is -0.310. The highest BCUT2D eigenvalue weighted by atomic mass is 19.1. The molecule has 22 heavy (non-hydrogen) atoms. The van der Waals surface area contributed by atoms with Crippen LogP contribution in [0.4, 0.5) is 10.1 Å². The van der Waals surface area contributed by atoms with Gasteiger partial charge < -0.3 is 10.6 Å². The molecule has 0 bridgehead atoms. The first kappa shape index (κ1) is 16.0. The van der Waals surface area contributed by atoms with Gasteiger partial charge in [0.2, 0.25) is 5.91 Å². The molecule has 0 unspecified atom stereocenters. The van der Waals surface area contributed by atoms with Gasteiger partial charge in [-0.15, -0.1) is 0 Å². The number of nitrogens with one attached hydrogen (secondary N) is 2. The number of hydrogen-bond acceptors (Lipinski definition) is 2. The van der Waals surface area contributed by atoms with E-state index in [9.17, 15) is 9.18 Å². The molecule has 1 atom stereocenters. The number of amides is 1. The monoisotopic (exact) mass is 300 g/mol. The second-order valence-electron chi connectivity index (χ2n) is 5.40. The van der Waals surface area contributed by atoms with Crippen LogP contribution < -0.4 is 10.6 Å². The molecule has 3 nitrogen and oxygen atoms in total. The molecule has 0 saturated carbocycles. The maximum atomic E-state index is 12.8. The van der Waals surface area contributed by atoms with Crippen molar-refractivity contribution in [1.29, 1.82) is 0 Å². The van der Waals surface area contributed by atoms with Gasteiger partial charge in [0.05, 0.1) is 0 Å². The van der Waals surface area contributed by atoms with Crippen LogP contribution in [0, 0.1) is 12.7 Å². The fourth-order valence-electron chi connectivity index (χ4n) is 2.18.